The van der Waals surface area contributed by atoms with Crippen LogP contribution in [0.25, 0.3) is 0 Å². The molecule has 0 saturated heterocycles. The summed E-state index contributed by atoms with van der Waals surface area (Å²) >= 11 is 0. The van der Waals surface area contributed by atoms with Crippen LogP contribution < -0.4 is 0 Å². The molecule has 0 bridgehead atoms. The molecule has 0 heterocycles. The number of halogens is 1. The molecule has 0 aliphatic rings. The molecule has 46 valence electrons. The highest BCUT2D eigenvalue weighted by Gasteiger charge is 2.08. The van der Waals surface area contributed by atoms with Crippen molar-refractivity contribution >= 4 is 0 Å². The van der Waals surface area contributed by atoms with E-state index >= 15 is 0 Å². The third kappa shape index (κ3) is 2.57. The van der Waals surface area contributed by atoms with Gasteiger partial charge >= 0.3 is 0 Å². The lowest BCUT2D eigenvalue weighted by atomic mass is 10.1. The Balaban J connectivity index is 3.35. The first-order valence-corrected chi connectivity index (χ1v) is 2.69. The maximum absolute atomic E-state index is 12.1. The van der Waals surface area contributed by atoms with Crippen LogP contribution in [0, 0.1) is 17.2 Å². The number of rotatable bonds is 2. The average Bonchev–Trinajstić information content (AvgIpc) is 1.67. The molecule has 0 N–H and O–H groups in total. The van der Waals surface area contributed by atoms with Gasteiger partial charge in [-0.2, -0.15) is 5.26 Å². The summed E-state index contributed by atoms with van der Waals surface area (Å²) in [5.41, 5.74) is 0. The maximum atomic E-state index is 12.1. The van der Waals surface area contributed by atoms with Gasteiger partial charge in [0.25, 0.3) is 0 Å². The van der Waals surface area contributed by atoms with Crippen molar-refractivity contribution in [1.29, 1.82) is 5.26 Å². The smallest absolute Gasteiger partial charge is 0.101 e. The summed E-state index contributed by atoms with van der Waals surface area (Å²) in [6, 6.07) is 1.91. The fourth-order valence-corrected chi connectivity index (χ4v) is 0.306. The Morgan fingerprint density at radius 3 is 2.25 bits per heavy atom. The number of hydrogen-bond acceptors (Lipinski definition) is 1. The number of nitrogens with zero attached hydrogens (tertiary/aromatic N) is 1. The van der Waals surface area contributed by atoms with Crippen molar-refractivity contribution in [2.45, 2.75) is 26.4 Å². The molecule has 0 aliphatic carbocycles. The van der Waals surface area contributed by atoms with Gasteiger partial charge in [-0.15, -0.1) is 0 Å². The van der Waals surface area contributed by atoms with E-state index in [2.05, 4.69) is 0 Å². The van der Waals surface area contributed by atoms with Gasteiger partial charge in [0, 0.05) is 6.42 Å². The minimum Gasteiger partial charge on any atom is -0.247 e. The first-order chi connectivity index (χ1) is 3.68. The minimum atomic E-state index is -0.852. The maximum Gasteiger partial charge on any atom is 0.101 e. The lowest BCUT2D eigenvalue weighted by Gasteiger charge is -2.05. The van der Waals surface area contributed by atoms with E-state index in [0.29, 0.717) is 6.42 Å². The Kier molecular flexibility index (Phi) is 3.18. The molecule has 0 aromatic carbocycles. The highest BCUT2D eigenvalue weighted by atomic mass is 19.1. The van der Waals surface area contributed by atoms with Gasteiger partial charge in [0.2, 0.25) is 0 Å². The van der Waals surface area contributed by atoms with Crippen molar-refractivity contribution in [3.05, 3.63) is 0 Å². The second-order valence-corrected chi connectivity index (χ2v) is 2.02. The van der Waals surface area contributed by atoms with Crippen LogP contribution in [0.15, 0.2) is 0 Å². The molecule has 2 atom stereocenters. The van der Waals surface area contributed by atoms with Gasteiger partial charge in [0.05, 0.1) is 6.07 Å². The second-order valence-electron chi connectivity index (χ2n) is 2.02. The van der Waals surface area contributed by atoms with E-state index < -0.39 is 6.17 Å². The quantitative estimate of drug-likeness (QED) is 0.539. The second kappa shape index (κ2) is 3.43. The monoisotopic (exact) mass is 115 g/mol. The fraction of sp³-hybridized carbons (Fsp3) is 0.833. The molecule has 0 radical (unpaired) electrons. The van der Waals surface area contributed by atoms with Gasteiger partial charge in [-0.25, -0.2) is 4.39 Å². The third-order valence-corrected chi connectivity index (χ3v) is 1.20. The number of alkyl halides is 1. The largest absolute Gasteiger partial charge is 0.247 e. The molecule has 0 spiro atoms. The molecular formula is C6H10FN. The highest BCUT2D eigenvalue weighted by molar-refractivity contribution is 4.75. The predicted molar refractivity (Wildman–Crippen MR) is 30.0 cm³/mol. The molecular weight excluding hydrogens is 105 g/mol. The molecule has 0 amide bonds. The SMILES string of the molecule is CC(F)C(C)CC#N. The summed E-state index contributed by atoms with van der Waals surface area (Å²) in [5.74, 6) is -0.111. The Bertz CT molecular complexity index is 93.2. The molecule has 0 aromatic heterocycles. The first kappa shape index (κ1) is 7.42. The van der Waals surface area contributed by atoms with Gasteiger partial charge in [0.1, 0.15) is 6.17 Å². The van der Waals surface area contributed by atoms with Crippen molar-refractivity contribution in [2.75, 3.05) is 0 Å². The van der Waals surface area contributed by atoms with Crippen LogP contribution in [0.5, 0.6) is 0 Å². The Morgan fingerprint density at radius 2 is 2.12 bits per heavy atom. The summed E-state index contributed by atoms with van der Waals surface area (Å²) in [6.45, 7) is 3.20. The predicted octanol–water partition coefficient (Wildman–Crippen LogP) is 1.89. The van der Waals surface area contributed by atoms with E-state index in [1.165, 1.54) is 6.92 Å². The molecule has 8 heavy (non-hydrogen) atoms. The van der Waals surface area contributed by atoms with Gasteiger partial charge in [-0.1, -0.05) is 6.92 Å². The van der Waals surface area contributed by atoms with Crippen LogP contribution in [-0.4, -0.2) is 6.17 Å². The molecule has 0 fully saturated rings. The Labute approximate surface area is 49.1 Å². The van der Waals surface area contributed by atoms with Crippen LogP contribution in [0.3, 0.4) is 0 Å². The summed E-state index contributed by atoms with van der Waals surface area (Å²) in [7, 11) is 0. The van der Waals surface area contributed by atoms with Crippen LogP contribution in [0.1, 0.15) is 20.3 Å². The van der Waals surface area contributed by atoms with Crippen molar-refractivity contribution < 1.29 is 4.39 Å². The normalized spacial score (nSPS) is 16.8. The van der Waals surface area contributed by atoms with E-state index in [0.717, 1.165) is 0 Å². The van der Waals surface area contributed by atoms with Crippen molar-refractivity contribution in [1.82, 2.24) is 0 Å². The standard InChI is InChI=1S/C6H10FN/c1-5(3-4-8)6(2)7/h5-6H,3H2,1-2H3. The summed E-state index contributed by atoms with van der Waals surface area (Å²) in [6.07, 6.45) is -0.535. The van der Waals surface area contributed by atoms with Gasteiger partial charge in [0.15, 0.2) is 0 Å². The Morgan fingerprint density at radius 1 is 1.62 bits per heavy atom. The van der Waals surface area contributed by atoms with E-state index in [1.807, 2.05) is 6.07 Å². The minimum absolute atomic E-state index is 0.111. The Hall–Kier alpha value is -0.580. The highest BCUT2D eigenvalue weighted by Crippen LogP contribution is 2.08. The first-order valence-electron chi connectivity index (χ1n) is 2.69. The molecule has 0 aromatic rings. The molecule has 0 saturated carbocycles. The van der Waals surface area contributed by atoms with Gasteiger partial charge < -0.3 is 0 Å². The number of nitriles is 1. The molecule has 1 nitrogen and oxygen atoms in total. The lowest BCUT2D eigenvalue weighted by molar-refractivity contribution is 0.267. The molecule has 2 heteroatoms. The molecule has 2 unspecified atom stereocenters. The summed E-state index contributed by atoms with van der Waals surface area (Å²) in [4.78, 5) is 0. The molecule has 0 aliphatic heterocycles. The fourth-order valence-electron chi connectivity index (χ4n) is 0.306. The zero-order chi connectivity index (χ0) is 6.57. The van der Waals surface area contributed by atoms with E-state index in [4.69, 9.17) is 5.26 Å². The molecule has 0 rings (SSSR count). The van der Waals surface area contributed by atoms with Crippen molar-refractivity contribution in [2.24, 2.45) is 5.92 Å². The topological polar surface area (TPSA) is 23.8 Å². The van der Waals surface area contributed by atoms with E-state index in [-0.39, 0.29) is 5.92 Å². The number of hydrogen-bond donors (Lipinski definition) is 0. The van der Waals surface area contributed by atoms with Crippen LogP contribution in [-0.2, 0) is 0 Å². The van der Waals surface area contributed by atoms with Crippen LogP contribution in [0.2, 0.25) is 0 Å². The lowest BCUT2D eigenvalue weighted by Crippen LogP contribution is -2.06. The zero-order valence-corrected chi connectivity index (χ0v) is 5.19. The van der Waals surface area contributed by atoms with E-state index in [9.17, 15) is 4.39 Å². The zero-order valence-electron chi connectivity index (χ0n) is 5.19. The van der Waals surface area contributed by atoms with E-state index in [1.54, 1.807) is 6.92 Å². The average molecular weight is 115 g/mol. The summed E-state index contributed by atoms with van der Waals surface area (Å²) < 4.78 is 12.1. The van der Waals surface area contributed by atoms with Gasteiger partial charge in [-0.3, -0.25) is 0 Å². The summed E-state index contributed by atoms with van der Waals surface area (Å²) in [5, 5.41) is 8.07. The third-order valence-electron chi connectivity index (χ3n) is 1.20. The van der Waals surface area contributed by atoms with Crippen molar-refractivity contribution in [3.8, 4) is 6.07 Å². The van der Waals surface area contributed by atoms with Crippen LogP contribution in [0.4, 0.5) is 4.39 Å². The van der Waals surface area contributed by atoms with Gasteiger partial charge in [-0.05, 0) is 12.8 Å². The van der Waals surface area contributed by atoms with Crippen molar-refractivity contribution in [3.63, 3.8) is 0 Å². The van der Waals surface area contributed by atoms with Crippen LogP contribution >= 0.6 is 0 Å².